The van der Waals surface area contributed by atoms with E-state index in [0.717, 1.165) is 22.4 Å². The Labute approximate surface area is 160 Å². The van der Waals surface area contributed by atoms with Gasteiger partial charge in [-0.15, -0.1) is 0 Å². The molecule has 0 saturated heterocycles. The average molecular weight is 358 g/mol. The summed E-state index contributed by atoms with van der Waals surface area (Å²) in [4.78, 5) is 9.21. The molecule has 2 aromatic carbocycles. The Morgan fingerprint density at radius 1 is 0.889 bits per heavy atom. The van der Waals surface area contributed by atoms with Gasteiger partial charge in [0.05, 0.1) is 23.0 Å². The molecular weight excluding hydrogens is 332 g/mol. The highest BCUT2D eigenvalue weighted by Crippen LogP contribution is 2.34. The molecule has 2 aromatic heterocycles. The number of hydrogen-bond donors (Lipinski definition) is 0. The van der Waals surface area contributed by atoms with Crippen LogP contribution < -0.4 is 0 Å². The lowest BCUT2D eigenvalue weighted by Crippen LogP contribution is -2.07. The van der Waals surface area contributed by atoms with Gasteiger partial charge in [-0.25, -0.2) is 9.97 Å². The van der Waals surface area contributed by atoms with Crippen LogP contribution in [0.2, 0.25) is 0 Å². The lowest BCUT2D eigenvalue weighted by Gasteiger charge is -2.21. The summed E-state index contributed by atoms with van der Waals surface area (Å²) in [5.74, 6) is 1.83. The third-order valence-electron chi connectivity index (χ3n) is 5.21. The Hall–Kier alpha value is -2.88. The van der Waals surface area contributed by atoms with Crippen molar-refractivity contribution in [3.8, 4) is 17.1 Å². The van der Waals surface area contributed by atoms with Gasteiger partial charge in [-0.05, 0) is 41.2 Å². The van der Waals surface area contributed by atoms with Crippen LogP contribution in [0.3, 0.4) is 0 Å². The molecule has 4 nitrogen and oxygen atoms in total. The van der Waals surface area contributed by atoms with E-state index in [9.17, 15) is 0 Å². The molecule has 0 fully saturated rings. The first-order valence-corrected chi connectivity index (χ1v) is 9.55. The summed E-state index contributed by atoms with van der Waals surface area (Å²) < 4.78 is 4.28. The lowest BCUT2D eigenvalue weighted by atomic mass is 9.92. The number of fused-ring (bicyclic) bond motifs is 1. The fourth-order valence-corrected chi connectivity index (χ4v) is 3.76. The summed E-state index contributed by atoms with van der Waals surface area (Å²) in [6.07, 6.45) is 5.82. The molecule has 0 bridgehead atoms. The van der Waals surface area contributed by atoms with Crippen LogP contribution in [0.1, 0.15) is 50.7 Å². The molecule has 0 aliphatic rings. The van der Waals surface area contributed by atoms with Gasteiger partial charge in [0.2, 0.25) is 0 Å². The minimum atomic E-state index is 0.437. The van der Waals surface area contributed by atoms with Gasteiger partial charge < -0.3 is 4.57 Å². The number of nitrogens with zero attached hydrogens (tertiary/aromatic N) is 4. The normalized spacial score (nSPS) is 11.8. The summed E-state index contributed by atoms with van der Waals surface area (Å²) in [6.45, 7) is 9.00. The Kier molecular flexibility index (Phi) is 4.34. The predicted molar refractivity (Wildman–Crippen MR) is 111 cm³/mol. The van der Waals surface area contributed by atoms with Crippen LogP contribution in [0.25, 0.3) is 28.1 Å². The molecule has 0 spiro atoms. The summed E-state index contributed by atoms with van der Waals surface area (Å²) >= 11 is 0. The van der Waals surface area contributed by atoms with Crippen molar-refractivity contribution in [3.63, 3.8) is 0 Å². The van der Waals surface area contributed by atoms with Crippen LogP contribution in [0, 0.1) is 0 Å². The van der Waals surface area contributed by atoms with E-state index in [2.05, 4.69) is 79.8 Å². The van der Waals surface area contributed by atoms with Gasteiger partial charge in [0.15, 0.2) is 0 Å². The smallest absolute Gasteiger partial charge is 0.144 e. The largest absolute Gasteiger partial charge is 0.334 e. The van der Waals surface area contributed by atoms with Gasteiger partial charge in [0, 0.05) is 25.0 Å². The molecule has 0 N–H and O–H groups in total. The van der Waals surface area contributed by atoms with Gasteiger partial charge in [0.1, 0.15) is 5.82 Å². The van der Waals surface area contributed by atoms with Crippen LogP contribution in [0.15, 0.2) is 55.1 Å². The molecule has 0 aliphatic carbocycles. The van der Waals surface area contributed by atoms with E-state index >= 15 is 0 Å². The SMILES string of the molecule is CC(C)c1cccc(C(C)C)c1-n1ccnc1-c1ccc2c(c1)ncn2C. The standard InChI is InChI=1S/C23H26N4/c1-15(2)18-7-6-8-19(16(3)4)22(18)27-12-11-24-23(27)17-9-10-21-20(13-17)25-14-26(21)5/h6-16H,1-5H3. The van der Waals surface area contributed by atoms with Gasteiger partial charge in [-0.3, -0.25) is 4.57 Å². The monoisotopic (exact) mass is 358 g/mol. The first-order valence-electron chi connectivity index (χ1n) is 9.55. The fourth-order valence-electron chi connectivity index (χ4n) is 3.76. The predicted octanol–water partition coefficient (Wildman–Crippen LogP) is 5.67. The molecule has 27 heavy (non-hydrogen) atoms. The van der Waals surface area contributed by atoms with E-state index in [4.69, 9.17) is 4.98 Å². The summed E-state index contributed by atoms with van der Waals surface area (Å²) in [5, 5.41) is 0. The van der Waals surface area contributed by atoms with Gasteiger partial charge in [0.25, 0.3) is 0 Å². The molecule has 2 heterocycles. The van der Waals surface area contributed by atoms with Gasteiger partial charge in [-0.1, -0.05) is 45.9 Å². The van der Waals surface area contributed by atoms with Crippen molar-refractivity contribution >= 4 is 11.0 Å². The Morgan fingerprint density at radius 3 is 2.26 bits per heavy atom. The number of benzene rings is 2. The molecule has 0 aliphatic heterocycles. The van der Waals surface area contributed by atoms with Crippen LogP contribution in [0.5, 0.6) is 0 Å². The Bertz CT molecular complexity index is 1070. The number of rotatable bonds is 4. The molecule has 4 rings (SSSR count). The van der Waals surface area contributed by atoms with Crippen LogP contribution >= 0.6 is 0 Å². The lowest BCUT2D eigenvalue weighted by molar-refractivity contribution is 0.807. The third kappa shape index (κ3) is 2.95. The first-order chi connectivity index (χ1) is 13.0. The third-order valence-corrected chi connectivity index (χ3v) is 5.21. The molecule has 4 heteroatoms. The fraction of sp³-hybridized carbons (Fsp3) is 0.304. The number of aromatic nitrogens is 4. The summed E-state index contributed by atoms with van der Waals surface area (Å²) in [6, 6.07) is 13.0. The van der Waals surface area contributed by atoms with E-state index in [-0.39, 0.29) is 0 Å². The number of aryl methyl sites for hydroxylation is 1. The Morgan fingerprint density at radius 2 is 1.59 bits per heavy atom. The zero-order valence-electron chi connectivity index (χ0n) is 16.6. The van der Waals surface area contributed by atoms with E-state index in [1.807, 2.05) is 24.1 Å². The highest BCUT2D eigenvalue weighted by Gasteiger charge is 2.18. The van der Waals surface area contributed by atoms with Crippen LogP contribution in [-0.4, -0.2) is 19.1 Å². The van der Waals surface area contributed by atoms with E-state index < -0.39 is 0 Å². The minimum absolute atomic E-state index is 0.437. The molecule has 0 saturated carbocycles. The van der Waals surface area contributed by atoms with Crippen molar-refractivity contribution in [1.82, 2.24) is 19.1 Å². The highest BCUT2D eigenvalue weighted by molar-refractivity contribution is 5.81. The maximum Gasteiger partial charge on any atom is 0.144 e. The van der Waals surface area contributed by atoms with Crippen molar-refractivity contribution in [1.29, 1.82) is 0 Å². The molecule has 0 radical (unpaired) electrons. The number of imidazole rings is 2. The Balaban J connectivity index is 1.94. The van der Waals surface area contributed by atoms with Gasteiger partial charge >= 0.3 is 0 Å². The second kappa shape index (κ2) is 6.69. The van der Waals surface area contributed by atoms with Crippen molar-refractivity contribution in [2.75, 3.05) is 0 Å². The van der Waals surface area contributed by atoms with E-state index in [1.54, 1.807) is 0 Å². The highest BCUT2D eigenvalue weighted by atomic mass is 15.1. The zero-order chi connectivity index (χ0) is 19.1. The van der Waals surface area contributed by atoms with Crippen molar-refractivity contribution in [2.24, 2.45) is 7.05 Å². The molecular formula is C23H26N4. The molecule has 0 atom stereocenters. The van der Waals surface area contributed by atoms with E-state index in [0.29, 0.717) is 11.8 Å². The average Bonchev–Trinajstić information content (AvgIpc) is 3.27. The molecule has 0 unspecified atom stereocenters. The molecule has 4 aromatic rings. The van der Waals surface area contributed by atoms with Crippen molar-refractivity contribution in [3.05, 3.63) is 66.2 Å². The van der Waals surface area contributed by atoms with Gasteiger partial charge in [-0.2, -0.15) is 0 Å². The van der Waals surface area contributed by atoms with Crippen LogP contribution in [-0.2, 0) is 7.05 Å². The zero-order valence-corrected chi connectivity index (χ0v) is 16.6. The number of para-hydroxylation sites is 1. The van der Waals surface area contributed by atoms with E-state index in [1.165, 1.54) is 16.8 Å². The molecule has 0 amide bonds. The number of hydrogen-bond acceptors (Lipinski definition) is 2. The molecule has 138 valence electrons. The van der Waals surface area contributed by atoms with Crippen molar-refractivity contribution < 1.29 is 0 Å². The first kappa shape index (κ1) is 17.5. The summed E-state index contributed by atoms with van der Waals surface area (Å²) in [7, 11) is 2.02. The second-order valence-electron chi connectivity index (χ2n) is 7.77. The minimum Gasteiger partial charge on any atom is -0.334 e. The van der Waals surface area contributed by atoms with Crippen molar-refractivity contribution in [2.45, 2.75) is 39.5 Å². The maximum atomic E-state index is 4.71. The second-order valence-corrected chi connectivity index (χ2v) is 7.77. The quantitative estimate of drug-likeness (QED) is 0.471. The topological polar surface area (TPSA) is 35.6 Å². The maximum absolute atomic E-state index is 4.71. The summed E-state index contributed by atoms with van der Waals surface area (Å²) in [5.41, 5.74) is 7.15. The van der Waals surface area contributed by atoms with Crippen LogP contribution in [0.4, 0.5) is 0 Å².